The van der Waals surface area contributed by atoms with Crippen LogP contribution >= 0.6 is 0 Å². The highest BCUT2D eigenvalue weighted by Crippen LogP contribution is 2.19. The van der Waals surface area contributed by atoms with Gasteiger partial charge in [0, 0.05) is 13.5 Å². The molecule has 0 aromatic carbocycles. The van der Waals surface area contributed by atoms with Crippen LogP contribution in [0.5, 0.6) is 0 Å². The molecule has 3 unspecified atom stereocenters. The molecule has 1 aliphatic rings. The van der Waals surface area contributed by atoms with Gasteiger partial charge in [0.15, 0.2) is 0 Å². The summed E-state index contributed by atoms with van der Waals surface area (Å²) in [6.07, 6.45) is -1.42. The number of aliphatic hydroxyl groups excluding tert-OH is 2. The molecule has 16 heavy (non-hydrogen) atoms. The van der Waals surface area contributed by atoms with Crippen molar-refractivity contribution in [2.75, 3.05) is 13.7 Å². The third-order valence-electron chi connectivity index (χ3n) is 2.09. The van der Waals surface area contributed by atoms with Crippen molar-refractivity contribution in [2.45, 2.75) is 65.5 Å². The fourth-order valence-electron chi connectivity index (χ4n) is 1.46. The first kappa shape index (κ1) is 18.2. The Morgan fingerprint density at radius 2 is 1.69 bits per heavy atom. The van der Waals surface area contributed by atoms with E-state index >= 15 is 0 Å². The van der Waals surface area contributed by atoms with Crippen molar-refractivity contribution in [3.63, 3.8) is 0 Å². The van der Waals surface area contributed by atoms with Crippen LogP contribution in [-0.4, -0.2) is 48.3 Å². The summed E-state index contributed by atoms with van der Waals surface area (Å²) in [6, 6.07) is 0. The summed E-state index contributed by atoms with van der Waals surface area (Å²) in [5, 5.41) is 18.8. The summed E-state index contributed by atoms with van der Waals surface area (Å²) in [6.45, 7) is 10.2. The highest BCUT2D eigenvalue weighted by atomic mass is 16.5. The molecular weight excluding hydrogens is 208 g/mol. The number of methoxy groups -OCH3 is 1. The average Bonchev–Trinajstić information content (AvgIpc) is 2.31. The summed E-state index contributed by atoms with van der Waals surface area (Å²) in [4.78, 5) is 0. The zero-order chi connectivity index (χ0) is 13.1. The molecule has 0 saturated carbocycles. The van der Waals surface area contributed by atoms with Gasteiger partial charge in [0.25, 0.3) is 0 Å². The summed E-state index contributed by atoms with van der Waals surface area (Å²) in [7, 11) is 1.54. The van der Waals surface area contributed by atoms with Gasteiger partial charge in [-0.2, -0.15) is 0 Å². The van der Waals surface area contributed by atoms with Crippen LogP contribution in [0, 0.1) is 0 Å². The van der Waals surface area contributed by atoms with E-state index in [0.717, 1.165) is 0 Å². The molecule has 0 radical (unpaired) electrons. The minimum Gasteiger partial charge on any atom is -0.390 e. The van der Waals surface area contributed by atoms with E-state index in [1.807, 2.05) is 34.6 Å². The Bertz CT molecular complexity index is 141. The molecule has 1 aliphatic heterocycles. The summed E-state index contributed by atoms with van der Waals surface area (Å²) in [5.74, 6) is 0. The van der Waals surface area contributed by atoms with Gasteiger partial charge in [-0.3, -0.25) is 0 Å². The number of rotatable bonds is 2. The van der Waals surface area contributed by atoms with Crippen molar-refractivity contribution in [1.82, 2.24) is 0 Å². The second-order valence-electron chi connectivity index (χ2n) is 3.23. The molecule has 1 rings (SSSR count). The van der Waals surface area contributed by atoms with Gasteiger partial charge in [-0.1, -0.05) is 27.7 Å². The molecule has 1 saturated heterocycles. The maximum absolute atomic E-state index is 9.43. The molecule has 1 heterocycles. The van der Waals surface area contributed by atoms with E-state index in [1.54, 1.807) is 7.11 Å². The minimum absolute atomic E-state index is 0.0106. The lowest BCUT2D eigenvalue weighted by Crippen LogP contribution is -2.49. The maximum Gasteiger partial charge on any atom is 0.110 e. The van der Waals surface area contributed by atoms with Crippen molar-refractivity contribution >= 4 is 0 Å². The number of aliphatic hydroxyl groups is 2. The quantitative estimate of drug-likeness (QED) is 0.764. The molecule has 0 aromatic heterocycles. The lowest BCUT2D eigenvalue weighted by atomic mass is 9.99. The monoisotopic (exact) mass is 236 g/mol. The first-order valence-electron chi connectivity index (χ1n) is 6.15. The van der Waals surface area contributed by atoms with Gasteiger partial charge in [0.1, 0.15) is 12.2 Å². The van der Waals surface area contributed by atoms with Crippen LogP contribution in [-0.2, 0) is 9.47 Å². The van der Waals surface area contributed by atoms with Gasteiger partial charge in [-0.05, 0) is 6.92 Å². The van der Waals surface area contributed by atoms with Gasteiger partial charge in [-0.25, -0.2) is 0 Å². The van der Waals surface area contributed by atoms with Gasteiger partial charge in [0.05, 0.1) is 18.8 Å². The highest BCUT2D eigenvalue weighted by molar-refractivity contribution is 4.83. The van der Waals surface area contributed by atoms with Crippen molar-refractivity contribution in [2.24, 2.45) is 0 Å². The molecule has 0 spiro atoms. The summed E-state index contributed by atoms with van der Waals surface area (Å²) < 4.78 is 10.2. The summed E-state index contributed by atoms with van der Waals surface area (Å²) >= 11 is 0. The van der Waals surface area contributed by atoms with Crippen LogP contribution in [0.4, 0.5) is 0 Å². The van der Waals surface area contributed by atoms with Crippen LogP contribution in [0.1, 0.15) is 41.0 Å². The molecular formula is C12H28O4. The maximum atomic E-state index is 9.43. The Hall–Kier alpha value is -0.160. The Labute approximate surface area is 99.6 Å². The molecule has 2 N–H and O–H groups in total. The van der Waals surface area contributed by atoms with Crippen LogP contribution in [0.15, 0.2) is 0 Å². The van der Waals surface area contributed by atoms with E-state index in [0.29, 0.717) is 13.0 Å². The Kier molecular flexibility index (Phi) is 12.9. The topological polar surface area (TPSA) is 58.9 Å². The fourth-order valence-corrected chi connectivity index (χ4v) is 1.46. The second-order valence-corrected chi connectivity index (χ2v) is 3.23. The number of ether oxygens (including phenoxy) is 2. The normalized spacial score (nSPS) is 33.0. The van der Waals surface area contributed by atoms with Gasteiger partial charge >= 0.3 is 0 Å². The highest BCUT2D eigenvalue weighted by Gasteiger charge is 2.34. The predicted molar refractivity (Wildman–Crippen MR) is 65.5 cm³/mol. The van der Waals surface area contributed by atoms with Crippen LogP contribution in [0.3, 0.4) is 0 Å². The Balaban J connectivity index is 0. The lowest BCUT2D eigenvalue weighted by molar-refractivity contribution is -0.177. The van der Waals surface area contributed by atoms with E-state index in [1.165, 1.54) is 0 Å². The Morgan fingerprint density at radius 1 is 1.19 bits per heavy atom. The first-order chi connectivity index (χ1) is 7.65. The minimum atomic E-state index is -0.818. The van der Waals surface area contributed by atoms with Crippen LogP contribution in [0.25, 0.3) is 0 Å². The van der Waals surface area contributed by atoms with E-state index < -0.39 is 18.3 Å². The van der Waals surface area contributed by atoms with E-state index in [2.05, 4.69) is 0 Å². The SMILES string of the molecule is CC.CC.COCC1OC(C)CC(O)[C@@H]1O. The Morgan fingerprint density at radius 3 is 2.12 bits per heavy atom. The molecule has 100 valence electrons. The van der Waals surface area contributed by atoms with Crippen LogP contribution < -0.4 is 0 Å². The number of hydrogen-bond acceptors (Lipinski definition) is 4. The van der Waals surface area contributed by atoms with Crippen molar-refractivity contribution in [3.8, 4) is 0 Å². The van der Waals surface area contributed by atoms with Crippen molar-refractivity contribution in [3.05, 3.63) is 0 Å². The van der Waals surface area contributed by atoms with E-state index in [9.17, 15) is 10.2 Å². The van der Waals surface area contributed by atoms with E-state index in [4.69, 9.17) is 9.47 Å². The van der Waals surface area contributed by atoms with Gasteiger partial charge in [0.2, 0.25) is 0 Å². The second kappa shape index (κ2) is 11.3. The standard InChI is InChI=1S/C8H16O4.2C2H6/c1-5-3-6(9)8(10)7(12-5)4-11-2;2*1-2/h5-10H,3-4H2,1-2H3;2*1-2H3/t5?,6?,7?,8-;;/m0../s1. The van der Waals surface area contributed by atoms with Crippen LogP contribution in [0.2, 0.25) is 0 Å². The molecule has 4 heteroatoms. The third kappa shape index (κ3) is 6.43. The molecule has 4 atom stereocenters. The smallest absolute Gasteiger partial charge is 0.110 e. The molecule has 0 amide bonds. The van der Waals surface area contributed by atoms with E-state index in [-0.39, 0.29) is 6.10 Å². The van der Waals surface area contributed by atoms with Crippen molar-refractivity contribution < 1.29 is 19.7 Å². The zero-order valence-corrected chi connectivity index (χ0v) is 11.4. The summed E-state index contributed by atoms with van der Waals surface area (Å²) in [5.41, 5.74) is 0. The fraction of sp³-hybridized carbons (Fsp3) is 1.00. The largest absolute Gasteiger partial charge is 0.390 e. The van der Waals surface area contributed by atoms with Gasteiger partial charge in [-0.15, -0.1) is 0 Å². The predicted octanol–water partition coefficient (Wildman–Crippen LogP) is 1.58. The lowest BCUT2D eigenvalue weighted by Gasteiger charge is -2.35. The molecule has 0 aromatic rings. The molecule has 0 bridgehead atoms. The number of hydrogen-bond donors (Lipinski definition) is 2. The molecule has 1 fully saturated rings. The van der Waals surface area contributed by atoms with Crippen molar-refractivity contribution in [1.29, 1.82) is 0 Å². The molecule has 4 nitrogen and oxygen atoms in total. The third-order valence-corrected chi connectivity index (χ3v) is 2.09. The van der Waals surface area contributed by atoms with Gasteiger partial charge < -0.3 is 19.7 Å². The molecule has 0 aliphatic carbocycles. The zero-order valence-electron chi connectivity index (χ0n) is 11.4. The average molecular weight is 236 g/mol. The first-order valence-corrected chi connectivity index (χ1v) is 6.15.